The lowest BCUT2D eigenvalue weighted by Crippen LogP contribution is -2.39. The van der Waals surface area contributed by atoms with Gasteiger partial charge in [-0.1, -0.05) is 18.2 Å². The lowest BCUT2D eigenvalue weighted by molar-refractivity contribution is -0.137. The number of hydrogen-bond donors (Lipinski definition) is 3. The van der Waals surface area contributed by atoms with Gasteiger partial charge in [0.1, 0.15) is 6.54 Å². The number of carboxylic acid groups (broad SMARTS) is 1. The zero-order valence-electron chi connectivity index (χ0n) is 11.5. The predicted molar refractivity (Wildman–Crippen MR) is 73.3 cm³/mol. The van der Waals surface area contributed by atoms with Crippen molar-refractivity contribution in [3.8, 4) is 0 Å². The summed E-state index contributed by atoms with van der Waals surface area (Å²) in [6.07, 6.45) is 0.188. The van der Waals surface area contributed by atoms with Gasteiger partial charge in [-0.2, -0.15) is 0 Å². The summed E-state index contributed by atoms with van der Waals surface area (Å²) in [6, 6.07) is 5.74. The number of amides is 2. The number of carbonyl (C=O) groups excluding carboxylic acids is 2. The lowest BCUT2D eigenvalue weighted by Gasteiger charge is -2.07. The van der Waals surface area contributed by atoms with Gasteiger partial charge in [0.15, 0.2) is 0 Å². The van der Waals surface area contributed by atoms with Crippen LogP contribution in [0.2, 0.25) is 0 Å². The molecule has 0 atom stereocenters. The molecule has 0 bridgehead atoms. The number of carbonyl (C=O) groups is 3. The van der Waals surface area contributed by atoms with Crippen LogP contribution in [0.4, 0.5) is 0 Å². The highest BCUT2D eigenvalue weighted by atomic mass is 16.4. The minimum Gasteiger partial charge on any atom is -0.480 e. The van der Waals surface area contributed by atoms with Crippen LogP contribution in [0.3, 0.4) is 0 Å². The minimum absolute atomic E-state index is 0.188. The summed E-state index contributed by atoms with van der Waals surface area (Å²) in [6.45, 7) is 3.28. The van der Waals surface area contributed by atoms with Crippen LogP contribution in [-0.4, -0.2) is 36.0 Å². The van der Waals surface area contributed by atoms with E-state index in [2.05, 4.69) is 10.6 Å². The Morgan fingerprint density at radius 2 is 1.65 bits per heavy atom. The number of nitrogens with one attached hydrogen (secondary N) is 2. The highest BCUT2D eigenvalue weighted by Gasteiger charge is 2.08. The molecule has 6 heteroatoms. The van der Waals surface area contributed by atoms with Gasteiger partial charge < -0.3 is 15.7 Å². The molecule has 0 aliphatic rings. The zero-order chi connectivity index (χ0) is 15.1. The molecule has 0 aliphatic heterocycles. The van der Waals surface area contributed by atoms with E-state index in [1.807, 2.05) is 32.0 Å². The van der Waals surface area contributed by atoms with Crippen molar-refractivity contribution in [1.82, 2.24) is 10.6 Å². The van der Waals surface area contributed by atoms with E-state index in [0.717, 1.165) is 16.7 Å². The standard InChI is InChI=1S/C14H18N2O4/c1-9-3-4-11(5-10(9)2)6-12(17)15-7-13(18)16-8-14(19)20/h3-5H,6-8H2,1-2H3,(H,15,17)(H,16,18)(H,19,20). The van der Waals surface area contributed by atoms with Gasteiger partial charge in [-0.25, -0.2) is 0 Å². The maximum Gasteiger partial charge on any atom is 0.322 e. The molecule has 0 unspecified atom stereocenters. The number of rotatable bonds is 6. The summed E-state index contributed by atoms with van der Waals surface area (Å²) in [5.41, 5.74) is 3.13. The normalized spacial score (nSPS) is 9.90. The van der Waals surface area contributed by atoms with E-state index in [0.29, 0.717) is 0 Å². The Balaban J connectivity index is 2.38. The number of carboxylic acids is 1. The SMILES string of the molecule is Cc1ccc(CC(=O)NCC(=O)NCC(=O)O)cc1C. The molecular weight excluding hydrogens is 260 g/mol. The Hall–Kier alpha value is -2.37. The molecule has 1 rings (SSSR count). The van der Waals surface area contributed by atoms with Gasteiger partial charge in [-0.05, 0) is 30.5 Å². The number of aryl methyl sites for hydroxylation is 2. The lowest BCUT2D eigenvalue weighted by atomic mass is 10.0. The average molecular weight is 278 g/mol. The molecule has 1 aromatic rings. The quantitative estimate of drug-likeness (QED) is 0.691. The van der Waals surface area contributed by atoms with Crippen LogP contribution in [0.1, 0.15) is 16.7 Å². The van der Waals surface area contributed by atoms with Crippen molar-refractivity contribution in [3.63, 3.8) is 0 Å². The highest BCUT2D eigenvalue weighted by Crippen LogP contribution is 2.10. The molecule has 0 aromatic heterocycles. The summed E-state index contributed by atoms with van der Waals surface area (Å²) in [5, 5.41) is 13.0. The molecule has 3 N–H and O–H groups in total. The van der Waals surface area contributed by atoms with Gasteiger partial charge >= 0.3 is 5.97 Å². The molecule has 0 radical (unpaired) electrons. The fourth-order valence-electron chi connectivity index (χ4n) is 1.58. The first-order valence-corrected chi connectivity index (χ1v) is 6.20. The summed E-state index contributed by atoms with van der Waals surface area (Å²) in [7, 11) is 0. The molecule has 0 saturated heterocycles. The van der Waals surface area contributed by atoms with Crippen molar-refractivity contribution in [2.24, 2.45) is 0 Å². The Labute approximate surface area is 117 Å². The van der Waals surface area contributed by atoms with Crippen LogP contribution in [0.5, 0.6) is 0 Å². The van der Waals surface area contributed by atoms with E-state index < -0.39 is 18.4 Å². The van der Waals surface area contributed by atoms with E-state index in [1.165, 1.54) is 0 Å². The maximum atomic E-state index is 11.6. The zero-order valence-corrected chi connectivity index (χ0v) is 11.5. The fourth-order valence-corrected chi connectivity index (χ4v) is 1.58. The summed E-state index contributed by atoms with van der Waals surface area (Å²) < 4.78 is 0. The second kappa shape index (κ2) is 7.28. The van der Waals surface area contributed by atoms with Crippen LogP contribution in [-0.2, 0) is 20.8 Å². The molecule has 0 saturated carbocycles. The van der Waals surface area contributed by atoms with Crippen molar-refractivity contribution in [2.75, 3.05) is 13.1 Å². The van der Waals surface area contributed by atoms with Crippen LogP contribution >= 0.6 is 0 Å². The third kappa shape index (κ3) is 5.51. The first-order valence-electron chi connectivity index (χ1n) is 6.20. The van der Waals surface area contributed by atoms with Crippen LogP contribution < -0.4 is 10.6 Å². The molecule has 2 amide bonds. The first-order chi connectivity index (χ1) is 9.38. The van der Waals surface area contributed by atoms with Gasteiger partial charge in [0.25, 0.3) is 0 Å². The van der Waals surface area contributed by atoms with Crippen molar-refractivity contribution in [1.29, 1.82) is 0 Å². The Morgan fingerprint density at radius 1 is 1.00 bits per heavy atom. The third-order valence-corrected chi connectivity index (χ3v) is 2.82. The first kappa shape index (κ1) is 15.7. The second-order valence-corrected chi connectivity index (χ2v) is 4.54. The monoisotopic (exact) mass is 278 g/mol. The van der Waals surface area contributed by atoms with E-state index in [9.17, 15) is 14.4 Å². The van der Waals surface area contributed by atoms with Gasteiger partial charge in [-0.15, -0.1) is 0 Å². The molecule has 6 nitrogen and oxygen atoms in total. The summed E-state index contributed by atoms with van der Waals surface area (Å²) in [4.78, 5) is 33.1. The largest absolute Gasteiger partial charge is 0.480 e. The van der Waals surface area contributed by atoms with E-state index in [-0.39, 0.29) is 18.9 Å². The molecule has 0 heterocycles. The fraction of sp³-hybridized carbons (Fsp3) is 0.357. The van der Waals surface area contributed by atoms with Gasteiger partial charge in [0, 0.05) is 0 Å². The summed E-state index contributed by atoms with van der Waals surface area (Å²) in [5.74, 6) is -1.93. The Kier molecular flexibility index (Phi) is 5.71. The molecular formula is C14H18N2O4. The van der Waals surface area contributed by atoms with Crippen molar-refractivity contribution in [3.05, 3.63) is 34.9 Å². The van der Waals surface area contributed by atoms with E-state index >= 15 is 0 Å². The van der Waals surface area contributed by atoms with Crippen LogP contribution in [0.15, 0.2) is 18.2 Å². The molecule has 0 aliphatic carbocycles. The molecule has 0 spiro atoms. The smallest absolute Gasteiger partial charge is 0.322 e. The molecule has 20 heavy (non-hydrogen) atoms. The second-order valence-electron chi connectivity index (χ2n) is 4.54. The summed E-state index contributed by atoms with van der Waals surface area (Å²) >= 11 is 0. The predicted octanol–water partition coefficient (Wildman–Crippen LogP) is 0.163. The highest BCUT2D eigenvalue weighted by molar-refractivity contribution is 5.87. The van der Waals surface area contributed by atoms with Crippen LogP contribution in [0.25, 0.3) is 0 Å². The Bertz CT molecular complexity index is 526. The van der Waals surface area contributed by atoms with Crippen molar-refractivity contribution in [2.45, 2.75) is 20.3 Å². The van der Waals surface area contributed by atoms with E-state index in [1.54, 1.807) is 0 Å². The Morgan fingerprint density at radius 3 is 2.25 bits per heavy atom. The van der Waals surface area contributed by atoms with Crippen molar-refractivity contribution >= 4 is 17.8 Å². The van der Waals surface area contributed by atoms with Crippen molar-refractivity contribution < 1.29 is 19.5 Å². The van der Waals surface area contributed by atoms with Crippen LogP contribution in [0, 0.1) is 13.8 Å². The van der Waals surface area contributed by atoms with Gasteiger partial charge in [-0.3, -0.25) is 14.4 Å². The minimum atomic E-state index is -1.13. The third-order valence-electron chi connectivity index (χ3n) is 2.82. The van der Waals surface area contributed by atoms with Gasteiger partial charge in [0.2, 0.25) is 11.8 Å². The molecule has 108 valence electrons. The maximum absolute atomic E-state index is 11.6. The topological polar surface area (TPSA) is 95.5 Å². The number of hydrogen-bond acceptors (Lipinski definition) is 3. The van der Waals surface area contributed by atoms with E-state index in [4.69, 9.17) is 5.11 Å². The average Bonchev–Trinajstić information content (AvgIpc) is 2.38. The van der Waals surface area contributed by atoms with Gasteiger partial charge in [0.05, 0.1) is 13.0 Å². The number of benzene rings is 1. The number of aliphatic carboxylic acids is 1. The molecule has 1 aromatic carbocycles. The molecule has 0 fully saturated rings.